The fourth-order valence-corrected chi connectivity index (χ4v) is 5.38. The highest BCUT2D eigenvalue weighted by Crippen LogP contribution is 2.54. The number of nitrogens with one attached hydrogen (secondary N) is 2. The van der Waals surface area contributed by atoms with Gasteiger partial charge in [-0.1, -0.05) is 19.8 Å². The van der Waals surface area contributed by atoms with Crippen molar-refractivity contribution < 1.29 is 42.6 Å². The number of rotatable bonds is 12. The van der Waals surface area contributed by atoms with Crippen LogP contribution in [0.1, 0.15) is 73.6 Å². The zero-order valence-corrected chi connectivity index (χ0v) is 22.6. The summed E-state index contributed by atoms with van der Waals surface area (Å²) < 4.78 is 29.6. The standard InChI is InChI=1S/C22H40N3O9P/c1-8-9-12-17(24-18(26)14(2)23-21(30)33-22(4,5)6)35(31,32-7)34-15(3)19(27)25-13-10-11-16(25)20(28)29/h14-17H,8-13H2,1-7H3,(H,23,30)(H,24,26)(H,28,29)/t14-,15?,16-,17-,35?/m0/s1. The second-order valence-corrected chi connectivity index (χ2v) is 11.8. The molecule has 0 bridgehead atoms. The third-order valence-electron chi connectivity index (χ3n) is 5.38. The van der Waals surface area contributed by atoms with Crippen LogP contribution >= 0.6 is 7.60 Å². The molecular formula is C22H40N3O9P. The van der Waals surface area contributed by atoms with Gasteiger partial charge in [0.25, 0.3) is 5.91 Å². The Hall–Kier alpha value is -2.17. The number of unbranched alkanes of at least 4 members (excludes halogenated alkanes) is 1. The highest BCUT2D eigenvalue weighted by Gasteiger charge is 2.42. The van der Waals surface area contributed by atoms with Crippen LogP contribution < -0.4 is 10.6 Å². The molecule has 0 aromatic carbocycles. The Balaban J connectivity index is 2.96. The average molecular weight is 522 g/mol. The lowest BCUT2D eigenvalue weighted by atomic mass is 10.2. The maximum absolute atomic E-state index is 13.6. The number of carbonyl (C=O) groups excluding carboxylic acids is 3. The Morgan fingerprint density at radius 3 is 2.31 bits per heavy atom. The van der Waals surface area contributed by atoms with Crippen LogP contribution in [-0.4, -0.2) is 77.1 Å². The number of carboxylic acids is 1. The van der Waals surface area contributed by atoms with E-state index >= 15 is 0 Å². The van der Waals surface area contributed by atoms with Crippen molar-refractivity contribution in [1.29, 1.82) is 0 Å². The van der Waals surface area contributed by atoms with Crippen LogP contribution in [0.4, 0.5) is 4.79 Å². The van der Waals surface area contributed by atoms with Crippen molar-refractivity contribution in [2.75, 3.05) is 13.7 Å². The molecule has 35 heavy (non-hydrogen) atoms. The van der Waals surface area contributed by atoms with Gasteiger partial charge in [0.2, 0.25) is 5.91 Å². The summed E-state index contributed by atoms with van der Waals surface area (Å²) in [6, 6.07) is -1.98. The topological polar surface area (TPSA) is 161 Å². The van der Waals surface area contributed by atoms with Gasteiger partial charge in [-0.3, -0.25) is 18.7 Å². The molecular weight excluding hydrogens is 481 g/mol. The Morgan fingerprint density at radius 2 is 1.80 bits per heavy atom. The van der Waals surface area contributed by atoms with Crippen molar-refractivity contribution in [3.8, 4) is 0 Å². The minimum atomic E-state index is -4.07. The van der Waals surface area contributed by atoms with E-state index in [1.807, 2.05) is 6.92 Å². The Labute approximate surface area is 207 Å². The molecule has 1 heterocycles. The van der Waals surface area contributed by atoms with Crippen molar-refractivity contribution in [3.05, 3.63) is 0 Å². The molecule has 0 radical (unpaired) electrons. The predicted molar refractivity (Wildman–Crippen MR) is 128 cm³/mol. The molecule has 2 unspecified atom stereocenters. The first-order valence-corrected chi connectivity index (χ1v) is 13.4. The molecule has 0 aromatic rings. The number of aliphatic carboxylic acids is 1. The lowest BCUT2D eigenvalue weighted by molar-refractivity contribution is -0.151. The third kappa shape index (κ3) is 9.42. The number of ether oxygens (including phenoxy) is 1. The Bertz CT molecular complexity index is 814. The second-order valence-electron chi connectivity index (χ2n) is 9.53. The first-order valence-electron chi connectivity index (χ1n) is 11.8. The summed E-state index contributed by atoms with van der Waals surface area (Å²) >= 11 is 0. The molecule has 1 aliphatic heterocycles. The Kier molecular flexibility index (Phi) is 11.7. The smallest absolute Gasteiger partial charge is 0.408 e. The van der Waals surface area contributed by atoms with Crippen molar-refractivity contribution >= 4 is 31.5 Å². The van der Waals surface area contributed by atoms with E-state index in [0.717, 1.165) is 13.5 Å². The number of hydrogen-bond donors (Lipinski definition) is 3. The van der Waals surface area contributed by atoms with E-state index in [1.54, 1.807) is 20.8 Å². The van der Waals surface area contributed by atoms with E-state index in [0.29, 0.717) is 19.3 Å². The number of nitrogens with zero attached hydrogens (tertiary/aromatic N) is 1. The molecule has 12 nitrogen and oxygen atoms in total. The van der Waals surface area contributed by atoms with E-state index in [-0.39, 0.29) is 13.0 Å². The number of alkyl carbamates (subject to hydrolysis) is 1. The monoisotopic (exact) mass is 521 g/mol. The number of amides is 3. The molecule has 0 spiro atoms. The number of likely N-dealkylation sites (tertiary alicyclic amines) is 1. The summed E-state index contributed by atoms with van der Waals surface area (Å²) in [7, 11) is -2.91. The van der Waals surface area contributed by atoms with Gasteiger partial charge in [0.15, 0.2) is 0 Å². The van der Waals surface area contributed by atoms with Gasteiger partial charge in [0, 0.05) is 13.7 Å². The van der Waals surface area contributed by atoms with Crippen molar-refractivity contribution in [2.24, 2.45) is 0 Å². The lowest BCUT2D eigenvalue weighted by Gasteiger charge is -2.31. The van der Waals surface area contributed by atoms with Crippen molar-refractivity contribution in [3.63, 3.8) is 0 Å². The van der Waals surface area contributed by atoms with Gasteiger partial charge in [0.05, 0.1) is 0 Å². The molecule has 202 valence electrons. The van der Waals surface area contributed by atoms with E-state index in [2.05, 4.69) is 10.6 Å². The van der Waals surface area contributed by atoms with Gasteiger partial charge in [-0.15, -0.1) is 0 Å². The lowest BCUT2D eigenvalue weighted by Crippen LogP contribution is -2.49. The van der Waals surface area contributed by atoms with Crippen LogP contribution in [0.5, 0.6) is 0 Å². The fraction of sp³-hybridized carbons (Fsp3) is 0.818. The van der Waals surface area contributed by atoms with Gasteiger partial charge in [-0.2, -0.15) is 0 Å². The number of hydrogen-bond acceptors (Lipinski definition) is 8. The third-order valence-corrected chi connectivity index (χ3v) is 7.65. The molecule has 3 N–H and O–H groups in total. The maximum atomic E-state index is 13.6. The van der Waals surface area contributed by atoms with Gasteiger partial charge in [0.1, 0.15) is 29.6 Å². The molecule has 5 atom stereocenters. The van der Waals surface area contributed by atoms with Crippen molar-refractivity contribution in [1.82, 2.24) is 15.5 Å². The van der Waals surface area contributed by atoms with E-state index in [4.69, 9.17) is 13.8 Å². The van der Waals surface area contributed by atoms with E-state index in [1.165, 1.54) is 18.7 Å². The maximum Gasteiger partial charge on any atom is 0.408 e. The normalized spacial score (nSPS) is 20.3. The second kappa shape index (κ2) is 13.2. The first-order chi connectivity index (χ1) is 16.1. The zero-order valence-electron chi connectivity index (χ0n) is 21.7. The largest absolute Gasteiger partial charge is 0.480 e. The summed E-state index contributed by atoms with van der Waals surface area (Å²) in [6.45, 7) is 10.0. The summed E-state index contributed by atoms with van der Waals surface area (Å²) in [5.74, 6) is -3.46. The van der Waals surface area contributed by atoms with Crippen LogP contribution in [0.3, 0.4) is 0 Å². The molecule has 1 fully saturated rings. The quantitative estimate of drug-likeness (QED) is 0.328. The highest BCUT2D eigenvalue weighted by molar-refractivity contribution is 7.54. The molecule has 0 saturated carbocycles. The molecule has 13 heteroatoms. The highest BCUT2D eigenvalue weighted by atomic mass is 31.2. The molecule has 1 rings (SSSR count). The van der Waals surface area contributed by atoms with Crippen LogP contribution in [0.2, 0.25) is 0 Å². The summed E-state index contributed by atoms with van der Waals surface area (Å²) in [4.78, 5) is 50.3. The molecule has 1 aliphatic rings. The molecule has 3 amide bonds. The van der Waals surface area contributed by atoms with Gasteiger partial charge >= 0.3 is 19.7 Å². The van der Waals surface area contributed by atoms with Crippen LogP contribution in [0, 0.1) is 0 Å². The SMILES string of the molecule is CCCC[C@@H](NC(=O)[C@H](C)NC(=O)OC(C)(C)C)P(=O)(OC)OC(C)C(=O)N1CCC[C@H]1C(=O)O. The van der Waals surface area contributed by atoms with Crippen LogP contribution in [0.15, 0.2) is 0 Å². The zero-order chi connectivity index (χ0) is 27.0. The van der Waals surface area contributed by atoms with Crippen LogP contribution in [-0.2, 0) is 32.7 Å². The van der Waals surface area contributed by atoms with Gasteiger partial charge in [-0.25, -0.2) is 9.59 Å². The summed E-state index contributed by atoms with van der Waals surface area (Å²) in [5, 5.41) is 14.4. The average Bonchev–Trinajstić information content (AvgIpc) is 3.24. The van der Waals surface area contributed by atoms with E-state index in [9.17, 15) is 28.8 Å². The van der Waals surface area contributed by atoms with Crippen LogP contribution in [0.25, 0.3) is 0 Å². The number of carboxylic acid groups (broad SMARTS) is 1. The molecule has 0 aliphatic carbocycles. The fourth-order valence-electron chi connectivity index (χ4n) is 3.58. The predicted octanol–water partition coefficient (Wildman–Crippen LogP) is 2.85. The molecule has 1 saturated heterocycles. The van der Waals surface area contributed by atoms with Gasteiger partial charge < -0.3 is 29.9 Å². The van der Waals surface area contributed by atoms with Gasteiger partial charge in [-0.05, 0) is 53.9 Å². The minimum Gasteiger partial charge on any atom is -0.480 e. The van der Waals surface area contributed by atoms with E-state index < -0.39 is 61.0 Å². The van der Waals surface area contributed by atoms with Crippen molar-refractivity contribution in [2.45, 2.75) is 103 Å². The summed E-state index contributed by atoms with van der Waals surface area (Å²) in [6.07, 6.45) is 0.348. The molecule has 0 aromatic heterocycles. The number of carbonyl (C=O) groups is 4. The Morgan fingerprint density at radius 1 is 1.17 bits per heavy atom. The first kappa shape index (κ1) is 30.9. The minimum absolute atomic E-state index is 0.231. The summed E-state index contributed by atoms with van der Waals surface area (Å²) in [5.41, 5.74) is -0.749.